The Labute approximate surface area is 94.0 Å². The maximum atomic E-state index is 11.8. The average Bonchev–Trinajstić information content (AvgIpc) is 2.68. The first-order valence-corrected chi connectivity index (χ1v) is 5.30. The zero-order valence-corrected chi connectivity index (χ0v) is 9.14. The van der Waals surface area contributed by atoms with E-state index >= 15 is 0 Å². The zero-order valence-electron chi connectivity index (χ0n) is 9.14. The number of anilines is 2. The van der Waals surface area contributed by atoms with Crippen molar-refractivity contribution in [2.24, 2.45) is 5.92 Å². The minimum atomic E-state index is -0.101. The predicted molar refractivity (Wildman–Crippen MR) is 60.8 cm³/mol. The van der Waals surface area contributed by atoms with Gasteiger partial charge in [-0.1, -0.05) is 0 Å². The number of nitrogens with one attached hydrogen (secondary N) is 1. The van der Waals surface area contributed by atoms with E-state index in [0.29, 0.717) is 18.1 Å². The molecule has 2 heterocycles. The molecule has 0 saturated carbocycles. The van der Waals surface area contributed by atoms with Crippen LogP contribution in [0, 0.1) is 5.92 Å². The monoisotopic (exact) mass is 221 g/mol. The Kier molecular flexibility index (Phi) is 3.05. The highest BCUT2D eigenvalue weighted by atomic mass is 16.5. The first-order valence-electron chi connectivity index (χ1n) is 5.30. The topological polar surface area (TPSA) is 77.2 Å². The number of carbonyl (C=O) groups excluding carboxylic acids is 1. The van der Waals surface area contributed by atoms with Crippen molar-refractivity contribution < 1.29 is 9.53 Å². The summed E-state index contributed by atoms with van der Waals surface area (Å²) in [5.41, 5.74) is 6.16. The number of carbonyl (C=O) groups is 1. The fourth-order valence-electron chi connectivity index (χ4n) is 1.74. The first kappa shape index (κ1) is 10.9. The van der Waals surface area contributed by atoms with Crippen molar-refractivity contribution in [2.75, 3.05) is 17.7 Å². The molecular weight excluding hydrogens is 206 g/mol. The van der Waals surface area contributed by atoms with Gasteiger partial charge in [0.15, 0.2) is 5.82 Å². The largest absolute Gasteiger partial charge is 0.396 e. The van der Waals surface area contributed by atoms with Gasteiger partial charge in [0.1, 0.15) is 0 Å². The molecule has 0 bridgehead atoms. The summed E-state index contributed by atoms with van der Waals surface area (Å²) in [5.74, 6) is 0.248. The molecule has 0 radical (unpaired) electrons. The number of ether oxygens (including phenoxy) is 1. The Morgan fingerprint density at radius 3 is 3.12 bits per heavy atom. The van der Waals surface area contributed by atoms with Crippen LogP contribution < -0.4 is 11.1 Å². The number of nitrogen functional groups attached to an aromatic ring is 1. The van der Waals surface area contributed by atoms with Gasteiger partial charge >= 0.3 is 0 Å². The number of pyridine rings is 1. The fourth-order valence-corrected chi connectivity index (χ4v) is 1.74. The summed E-state index contributed by atoms with van der Waals surface area (Å²) in [6.45, 7) is 2.43. The molecule has 86 valence electrons. The number of aromatic nitrogens is 1. The van der Waals surface area contributed by atoms with Crippen LogP contribution in [0.1, 0.15) is 13.3 Å². The second-order valence-electron chi connectivity index (χ2n) is 4.01. The van der Waals surface area contributed by atoms with Crippen molar-refractivity contribution in [3.8, 4) is 0 Å². The number of hydrogen-bond donors (Lipinski definition) is 2. The van der Waals surface area contributed by atoms with Gasteiger partial charge in [0.2, 0.25) is 5.91 Å². The minimum absolute atomic E-state index is 0.0743. The van der Waals surface area contributed by atoms with Crippen LogP contribution in [-0.4, -0.2) is 23.6 Å². The third kappa shape index (κ3) is 2.30. The number of hydrogen-bond acceptors (Lipinski definition) is 4. The second kappa shape index (κ2) is 4.49. The van der Waals surface area contributed by atoms with Crippen LogP contribution in [0.2, 0.25) is 0 Å². The number of nitrogens with zero attached hydrogens (tertiary/aromatic N) is 1. The molecule has 1 aromatic heterocycles. The summed E-state index contributed by atoms with van der Waals surface area (Å²) >= 11 is 0. The van der Waals surface area contributed by atoms with Gasteiger partial charge in [0.05, 0.1) is 24.3 Å². The number of rotatable bonds is 2. The molecule has 0 spiro atoms. The summed E-state index contributed by atoms with van der Waals surface area (Å²) in [6.07, 6.45) is 2.50. The van der Waals surface area contributed by atoms with E-state index in [4.69, 9.17) is 10.5 Å². The van der Waals surface area contributed by atoms with E-state index in [1.165, 1.54) is 0 Å². The molecule has 0 aromatic carbocycles. The van der Waals surface area contributed by atoms with Gasteiger partial charge in [-0.05, 0) is 25.5 Å². The maximum absolute atomic E-state index is 11.8. The highest BCUT2D eigenvalue weighted by Gasteiger charge is 2.28. The molecule has 1 aliphatic heterocycles. The molecule has 3 N–H and O–H groups in total. The predicted octanol–water partition coefficient (Wildman–Crippen LogP) is 1.03. The fraction of sp³-hybridized carbons (Fsp3) is 0.455. The summed E-state index contributed by atoms with van der Waals surface area (Å²) in [7, 11) is 0. The van der Waals surface area contributed by atoms with Crippen LogP contribution in [-0.2, 0) is 9.53 Å². The number of amides is 1. The highest BCUT2D eigenvalue weighted by molar-refractivity contribution is 5.94. The van der Waals surface area contributed by atoms with Gasteiger partial charge < -0.3 is 15.8 Å². The molecule has 0 aliphatic carbocycles. The normalized spacial score (nSPS) is 24.3. The van der Waals surface area contributed by atoms with Crippen LogP contribution in [0.4, 0.5) is 11.5 Å². The molecule has 1 aliphatic rings. The van der Waals surface area contributed by atoms with E-state index < -0.39 is 0 Å². The Balaban J connectivity index is 2.00. The Morgan fingerprint density at radius 2 is 2.50 bits per heavy atom. The molecule has 2 atom stereocenters. The van der Waals surface area contributed by atoms with Gasteiger partial charge in [-0.2, -0.15) is 0 Å². The van der Waals surface area contributed by atoms with Crippen LogP contribution in [0.15, 0.2) is 18.3 Å². The number of nitrogens with two attached hydrogens (primary N) is 1. The van der Waals surface area contributed by atoms with E-state index in [-0.39, 0.29) is 17.9 Å². The van der Waals surface area contributed by atoms with Crippen LogP contribution in [0.5, 0.6) is 0 Å². The lowest BCUT2D eigenvalue weighted by molar-refractivity contribution is -0.119. The quantitative estimate of drug-likeness (QED) is 0.781. The van der Waals surface area contributed by atoms with Crippen molar-refractivity contribution in [1.82, 2.24) is 4.98 Å². The molecular formula is C11H15N3O2. The molecule has 2 unspecified atom stereocenters. The van der Waals surface area contributed by atoms with Gasteiger partial charge in [-0.25, -0.2) is 4.98 Å². The smallest absolute Gasteiger partial charge is 0.231 e. The average molecular weight is 221 g/mol. The standard InChI is InChI=1S/C11H15N3O2/c1-7-5-8(6-16-7)11(15)14-10-9(12)3-2-4-13-10/h2-4,7-8H,5-6,12H2,1H3,(H,13,14,15). The van der Waals surface area contributed by atoms with Crippen molar-refractivity contribution in [1.29, 1.82) is 0 Å². The maximum Gasteiger partial charge on any atom is 0.231 e. The van der Waals surface area contributed by atoms with Crippen LogP contribution >= 0.6 is 0 Å². The molecule has 5 nitrogen and oxygen atoms in total. The van der Waals surface area contributed by atoms with E-state index in [9.17, 15) is 4.79 Å². The van der Waals surface area contributed by atoms with Gasteiger partial charge in [-0.3, -0.25) is 4.79 Å². The molecule has 1 aromatic rings. The lowest BCUT2D eigenvalue weighted by atomic mass is 10.1. The Morgan fingerprint density at radius 1 is 1.69 bits per heavy atom. The molecule has 1 fully saturated rings. The summed E-state index contributed by atoms with van der Waals surface area (Å²) in [5, 5.41) is 2.72. The van der Waals surface area contributed by atoms with Crippen molar-refractivity contribution in [3.63, 3.8) is 0 Å². The van der Waals surface area contributed by atoms with E-state index in [2.05, 4.69) is 10.3 Å². The van der Waals surface area contributed by atoms with Crippen molar-refractivity contribution in [3.05, 3.63) is 18.3 Å². The Bertz CT molecular complexity index is 395. The second-order valence-corrected chi connectivity index (χ2v) is 4.01. The summed E-state index contributed by atoms with van der Waals surface area (Å²) < 4.78 is 5.34. The minimum Gasteiger partial charge on any atom is -0.396 e. The lowest BCUT2D eigenvalue weighted by Gasteiger charge is -2.09. The zero-order chi connectivity index (χ0) is 11.5. The Hall–Kier alpha value is -1.62. The van der Waals surface area contributed by atoms with Gasteiger partial charge in [-0.15, -0.1) is 0 Å². The van der Waals surface area contributed by atoms with Gasteiger partial charge in [0.25, 0.3) is 0 Å². The summed E-state index contributed by atoms with van der Waals surface area (Å²) in [4.78, 5) is 15.8. The van der Waals surface area contributed by atoms with Crippen LogP contribution in [0.3, 0.4) is 0 Å². The third-order valence-electron chi connectivity index (χ3n) is 2.65. The van der Waals surface area contributed by atoms with E-state index in [1.807, 2.05) is 6.92 Å². The van der Waals surface area contributed by atoms with Crippen molar-refractivity contribution in [2.45, 2.75) is 19.4 Å². The molecule has 1 amide bonds. The third-order valence-corrected chi connectivity index (χ3v) is 2.65. The molecule has 16 heavy (non-hydrogen) atoms. The highest BCUT2D eigenvalue weighted by Crippen LogP contribution is 2.21. The van der Waals surface area contributed by atoms with Crippen LogP contribution in [0.25, 0.3) is 0 Å². The molecule has 2 rings (SSSR count). The van der Waals surface area contributed by atoms with Crippen molar-refractivity contribution >= 4 is 17.4 Å². The summed E-state index contributed by atoms with van der Waals surface area (Å²) in [6, 6.07) is 3.43. The molecule has 5 heteroatoms. The lowest BCUT2D eigenvalue weighted by Crippen LogP contribution is -2.24. The van der Waals surface area contributed by atoms with E-state index in [1.54, 1.807) is 18.3 Å². The molecule has 1 saturated heterocycles. The SMILES string of the molecule is CC1CC(C(=O)Nc2ncccc2N)CO1. The van der Waals surface area contributed by atoms with Gasteiger partial charge in [0, 0.05) is 6.20 Å². The van der Waals surface area contributed by atoms with E-state index in [0.717, 1.165) is 6.42 Å². The first-order chi connectivity index (χ1) is 7.66.